The minimum atomic E-state index is -0.177. The van der Waals surface area contributed by atoms with Gasteiger partial charge in [-0.05, 0) is 42.1 Å². The van der Waals surface area contributed by atoms with Crippen molar-refractivity contribution in [1.29, 1.82) is 0 Å². The largest absolute Gasteiger partial charge is 0.352 e. The summed E-state index contributed by atoms with van der Waals surface area (Å²) >= 11 is 0. The lowest BCUT2D eigenvalue weighted by molar-refractivity contribution is 0.0945. The van der Waals surface area contributed by atoms with Crippen LogP contribution in [0.4, 0.5) is 5.95 Å². The number of aromatic nitrogens is 3. The molecule has 0 aliphatic carbocycles. The van der Waals surface area contributed by atoms with Crippen LogP contribution in [0.25, 0.3) is 11.5 Å². The zero-order chi connectivity index (χ0) is 20.2. The van der Waals surface area contributed by atoms with Gasteiger partial charge >= 0.3 is 0 Å². The maximum Gasteiger partial charge on any atom is 0.266 e. The van der Waals surface area contributed by atoms with Gasteiger partial charge in [0.25, 0.3) is 17.7 Å². The minimum absolute atomic E-state index is 0.139. The summed E-state index contributed by atoms with van der Waals surface area (Å²) < 4.78 is 6.82. The Labute approximate surface area is 168 Å². The molecule has 3 aromatic rings. The smallest absolute Gasteiger partial charge is 0.266 e. The van der Waals surface area contributed by atoms with Gasteiger partial charge in [0.05, 0.1) is 5.56 Å². The predicted molar refractivity (Wildman–Crippen MR) is 109 cm³/mol. The van der Waals surface area contributed by atoms with Crippen molar-refractivity contribution in [2.24, 2.45) is 13.0 Å². The number of anilines is 1. The molecule has 1 aromatic carbocycles. The van der Waals surface area contributed by atoms with Gasteiger partial charge in [-0.2, -0.15) is 4.98 Å². The lowest BCUT2D eigenvalue weighted by Crippen LogP contribution is -2.41. The molecule has 0 saturated carbocycles. The first-order valence-corrected chi connectivity index (χ1v) is 9.69. The monoisotopic (exact) mass is 393 g/mol. The number of nitrogens with zero attached hydrogens (tertiary/aromatic N) is 4. The molecular weight excluding hydrogens is 370 g/mol. The van der Waals surface area contributed by atoms with Crippen molar-refractivity contribution in [1.82, 2.24) is 20.0 Å². The molecule has 1 aliphatic heterocycles. The van der Waals surface area contributed by atoms with Gasteiger partial charge in [0, 0.05) is 44.5 Å². The standard InChI is InChI=1S/C21H23N5O3/c1-25-14-17(9-10-18(25)27)19(28)22-12-15-6-5-11-26(13-15)21-23-20(29-24-21)16-7-3-2-4-8-16/h2-4,7-10,14-15H,5-6,11-13H2,1H3,(H,22,28). The second-order valence-corrected chi connectivity index (χ2v) is 7.30. The number of hydrogen-bond donors (Lipinski definition) is 1. The number of rotatable bonds is 5. The second kappa shape index (κ2) is 8.30. The molecule has 1 fully saturated rings. The Morgan fingerprint density at radius 2 is 2.07 bits per heavy atom. The van der Waals surface area contributed by atoms with Gasteiger partial charge in [-0.25, -0.2) is 0 Å². The van der Waals surface area contributed by atoms with Crippen LogP contribution >= 0.6 is 0 Å². The van der Waals surface area contributed by atoms with Gasteiger partial charge in [0.2, 0.25) is 5.56 Å². The van der Waals surface area contributed by atoms with Gasteiger partial charge in [-0.3, -0.25) is 9.59 Å². The zero-order valence-electron chi connectivity index (χ0n) is 16.2. The summed E-state index contributed by atoms with van der Waals surface area (Å²) in [4.78, 5) is 30.5. The molecule has 8 heteroatoms. The van der Waals surface area contributed by atoms with Crippen LogP contribution in [0.15, 0.2) is 58.0 Å². The van der Waals surface area contributed by atoms with Crippen LogP contribution in [0.5, 0.6) is 0 Å². The van der Waals surface area contributed by atoms with E-state index >= 15 is 0 Å². The number of hydrogen-bond acceptors (Lipinski definition) is 6. The van der Waals surface area contributed by atoms with Gasteiger partial charge < -0.3 is 19.3 Å². The molecule has 0 spiro atoms. The first kappa shape index (κ1) is 18.9. The van der Waals surface area contributed by atoms with E-state index in [-0.39, 0.29) is 11.5 Å². The number of benzene rings is 1. The van der Waals surface area contributed by atoms with Crippen LogP contribution in [0.2, 0.25) is 0 Å². The number of nitrogens with one attached hydrogen (secondary N) is 1. The Balaban J connectivity index is 1.36. The summed E-state index contributed by atoms with van der Waals surface area (Å²) in [6, 6.07) is 12.6. The molecule has 1 unspecified atom stereocenters. The molecule has 1 saturated heterocycles. The predicted octanol–water partition coefficient (Wildman–Crippen LogP) is 2.08. The van der Waals surface area contributed by atoms with Crippen LogP contribution in [-0.4, -0.2) is 40.2 Å². The van der Waals surface area contributed by atoms with E-state index in [2.05, 4.69) is 20.4 Å². The van der Waals surface area contributed by atoms with Crippen molar-refractivity contribution in [3.8, 4) is 11.5 Å². The number of carbonyl (C=O) groups excluding carboxylic acids is 1. The fourth-order valence-electron chi connectivity index (χ4n) is 3.52. The highest BCUT2D eigenvalue weighted by atomic mass is 16.5. The van der Waals surface area contributed by atoms with Gasteiger partial charge in [-0.1, -0.05) is 18.2 Å². The van der Waals surface area contributed by atoms with Crippen LogP contribution in [0.1, 0.15) is 23.2 Å². The first-order chi connectivity index (χ1) is 14.1. The third kappa shape index (κ3) is 4.37. The lowest BCUT2D eigenvalue weighted by atomic mass is 9.98. The Kier molecular flexibility index (Phi) is 5.41. The Hall–Kier alpha value is -3.42. The third-order valence-electron chi connectivity index (χ3n) is 5.14. The topological polar surface area (TPSA) is 93.3 Å². The van der Waals surface area contributed by atoms with Crippen molar-refractivity contribution in [3.05, 3.63) is 64.6 Å². The fourth-order valence-corrected chi connectivity index (χ4v) is 3.52. The van der Waals surface area contributed by atoms with E-state index in [1.54, 1.807) is 19.3 Å². The Morgan fingerprint density at radius 3 is 2.86 bits per heavy atom. The minimum Gasteiger partial charge on any atom is -0.352 e. The summed E-state index contributed by atoms with van der Waals surface area (Å²) in [5.74, 6) is 1.20. The van der Waals surface area contributed by atoms with E-state index in [0.29, 0.717) is 29.9 Å². The average molecular weight is 393 g/mol. The Morgan fingerprint density at radius 1 is 1.24 bits per heavy atom. The normalized spacial score (nSPS) is 16.6. The quantitative estimate of drug-likeness (QED) is 0.713. The summed E-state index contributed by atoms with van der Waals surface area (Å²) in [6.07, 6.45) is 3.57. The summed E-state index contributed by atoms with van der Waals surface area (Å²) in [5, 5.41) is 7.10. The molecule has 1 atom stereocenters. The highest BCUT2D eigenvalue weighted by Gasteiger charge is 2.24. The summed E-state index contributed by atoms with van der Waals surface area (Å²) in [6.45, 7) is 2.17. The highest BCUT2D eigenvalue weighted by molar-refractivity contribution is 5.93. The molecule has 1 N–H and O–H groups in total. The lowest BCUT2D eigenvalue weighted by Gasteiger charge is -2.31. The van der Waals surface area contributed by atoms with Gasteiger partial charge in [0.15, 0.2) is 0 Å². The SMILES string of the molecule is Cn1cc(C(=O)NCC2CCCN(c3noc(-c4ccccc4)n3)C2)ccc1=O. The average Bonchev–Trinajstić information content (AvgIpc) is 3.25. The number of pyridine rings is 1. The fraction of sp³-hybridized carbons (Fsp3) is 0.333. The van der Waals surface area contributed by atoms with E-state index in [4.69, 9.17) is 4.52 Å². The molecule has 29 heavy (non-hydrogen) atoms. The molecule has 1 amide bonds. The maximum atomic E-state index is 12.4. The van der Waals surface area contributed by atoms with Crippen molar-refractivity contribution in [2.75, 3.05) is 24.5 Å². The van der Waals surface area contributed by atoms with E-state index < -0.39 is 0 Å². The van der Waals surface area contributed by atoms with Crippen LogP contribution < -0.4 is 15.8 Å². The summed E-state index contributed by atoms with van der Waals surface area (Å²) in [7, 11) is 1.63. The zero-order valence-corrected chi connectivity index (χ0v) is 16.2. The molecule has 4 rings (SSSR count). The van der Waals surface area contributed by atoms with Crippen molar-refractivity contribution in [2.45, 2.75) is 12.8 Å². The summed E-state index contributed by atoms with van der Waals surface area (Å²) in [5.41, 5.74) is 1.23. The van der Waals surface area contributed by atoms with Crippen LogP contribution in [0.3, 0.4) is 0 Å². The molecule has 1 aliphatic rings. The number of aryl methyl sites for hydroxylation is 1. The third-order valence-corrected chi connectivity index (χ3v) is 5.14. The van der Waals surface area contributed by atoms with Crippen LogP contribution in [-0.2, 0) is 7.05 Å². The molecule has 0 bridgehead atoms. The molecular formula is C21H23N5O3. The number of amides is 1. The van der Waals surface area contributed by atoms with E-state index in [9.17, 15) is 9.59 Å². The van der Waals surface area contributed by atoms with Crippen LogP contribution in [0, 0.1) is 5.92 Å². The Bertz CT molecular complexity index is 1040. The molecule has 0 radical (unpaired) electrons. The van der Waals surface area contributed by atoms with Crippen molar-refractivity contribution in [3.63, 3.8) is 0 Å². The molecule has 3 heterocycles. The van der Waals surface area contributed by atoms with Gasteiger partial charge in [0.1, 0.15) is 0 Å². The maximum absolute atomic E-state index is 12.4. The van der Waals surface area contributed by atoms with Crippen molar-refractivity contribution < 1.29 is 9.32 Å². The molecule has 8 nitrogen and oxygen atoms in total. The first-order valence-electron chi connectivity index (χ1n) is 9.69. The number of carbonyl (C=O) groups is 1. The van der Waals surface area contributed by atoms with Crippen molar-refractivity contribution >= 4 is 11.9 Å². The molecule has 150 valence electrons. The molecule has 2 aromatic heterocycles. The second-order valence-electron chi connectivity index (χ2n) is 7.30. The number of piperidine rings is 1. The van der Waals surface area contributed by atoms with Gasteiger partial charge in [-0.15, -0.1) is 0 Å². The van der Waals surface area contributed by atoms with E-state index in [1.807, 2.05) is 30.3 Å². The highest BCUT2D eigenvalue weighted by Crippen LogP contribution is 2.24. The van der Waals surface area contributed by atoms with E-state index in [1.165, 1.54) is 10.6 Å². The van der Waals surface area contributed by atoms with E-state index in [0.717, 1.165) is 31.5 Å².